The standard InChI is InChI=1S/C17H28N4O/c1-3-21-10-5-7-15(21)13-20-17(18)19-9-11-22-16-8-4-6-14(2)12-16/h4,6,8,12,15H,3,5,7,9-11,13H2,1-2H3,(H3,18,19,20). The Morgan fingerprint density at radius 3 is 3.14 bits per heavy atom. The highest BCUT2D eigenvalue weighted by Crippen LogP contribution is 2.16. The normalized spacial score (nSPS) is 19.4. The van der Waals surface area contributed by atoms with Gasteiger partial charge in [-0.25, -0.2) is 0 Å². The first-order valence-corrected chi connectivity index (χ1v) is 8.16. The summed E-state index contributed by atoms with van der Waals surface area (Å²) in [6.45, 7) is 8.55. The van der Waals surface area contributed by atoms with Gasteiger partial charge in [0.15, 0.2) is 5.96 Å². The van der Waals surface area contributed by atoms with Crippen molar-refractivity contribution in [3.63, 3.8) is 0 Å². The van der Waals surface area contributed by atoms with Crippen molar-refractivity contribution in [3.05, 3.63) is 29.8 Å². The zero-order valence-corrected chi connectivity index (χ0v) is 13.7. The molecule has 3 N–H and O–H groups in total. The average Bonchev–Trinajstić information content (AvgIpc) is 2.97. The largest absolute Gasteiger partial charge is 0.492 e. The van der Waals surface area contributed by atoms with Crippen molar-refractivity contribution in [3.8, 4) is 5.75 Å². The summed E-state index contributed by atoms with van der Waals surface area (Å²) in [7, 11) is 0. The number of hydrogen-bond donors (Lipinski definition) is 2. The van der Waals surface area contributed by atoms with E-state index in [9.17, 15) is 0 Å². The minimum atomic E-state index is 0.510. The summed E-state index contributed by atoms with van der Waals surface area (Å²) in [5, 5.41) is 3.11. The van der Waals surface area contributed by atoms with Crippen molar-refractivity contribution in [2.75, 3.05) is 32.8 Å². The van der Waals surface area contributed by atoms with Gasteiger partial charge in [-0.3, -0.25) is 9.89 Å². The van der Waals surface area contributed by atoms with Crippen LogP contribution in [0, 0.1) is 6.92 Å². The zero-order valence-electron chi connectivity index (χ0n) is 13.7. The lowest BCUT2D eigenvalue weighted by molar-refractivity contribution is 0.273. The molecule has 0 amide bonds. The molecule has 122 valence electrons. The lowest BCUT2D eigenvalue weighted by atomic mass is 10.2. The van der Waals surface area contributed by atoms with Gasteiger partial charge in [0.1, 0.15) is 12.4 Å². The lowest BCUT2D eigenvalue weighted by Gasteiger charge is -2.20. The Bertz CT molecular complexity index is 489. The molecule has 1 aliphatic rings. The van der Waals surface area contributed by atoms with Gasteiger partial charge >= 0.3 is 0 Å². The van der Waals surface area contributed by atoms with E-state index in [1.807, 2.05) is 18.2 Å². The summed E-state index contributed by atoms with van der Waals surface area (Å²) < 4.78 is 5.67. The summed E-state index contributed by atoms with van der Waals surface area (Å²) in [5.41, 5.74) is 7.10. The van der Waals surface area contributed by atoms with E-state index in [1.165, 1.54) is 24.9 Å². The molecule has 1 unspecified atom stereocenters. The molecule has 1 aromatic carbocycles. The molecule has 1 heterocycles. The molecule has 0 aromatic heterocycles. The molecule has 5 nitrogen and oxygen atoms in total. The number of rotatable bonds is 7. The first kappa shape index (κ1) is 16.6. The number of aliphatic imine (C=N–C) groups is 1. The second kappa shape index (κ2) is 8.63. The van der Waals surface area contributed by atoms with Gasteiger partial charge in [0, 0.05) is 6.04 Å². The Kier molecular flexibility index (Phi) is 6.52. The molecule has 0 saturated carbocycles. The predicted octanol–water partition coefficient (Wildman–Crippen LogP) is 1.76. The van der Waals surface area contributed by atoms with Crippen molar-refractivity contribution in [2.24, 2.45) is 10.7 Å². The van der Waals surface area contributed by atoms with Gasteiger partial charge < -0.3 is 15.8 Å². The molecular weight excluding hydrogens is 276 g/mol. The molecule has 1 saturated heterocycles. The molecule has 0 bridgehead atoms. The third kappa shape index (κ3) is 5.22. The highest BCUT2D eigenvalue weighted by molar-refractivity contribution is 5.77. The van der Waals surface area contributed by atoms with Gasteiger partial charge in [0.05, 0.1) is 13.1 Å². The van der Waals surface area contributed by atoms with Crippen LogP contribution in [0.1, 0.15) is 25.3 Å². The molecule has 1 aliphatic heterocycles. The number of likely N-dealkylation sites (tertiary alicyclic amines) is 1. The molecule has 0 aliphatic carbocycles. The number of aryl methyl sites for hydroxylation is 1. The van der Waals surface area contributed by atoms with Gasteiger partial charge in [0.2, 0.25) is 0 Å². The Hall–Kier alpha value is -1.75. The summed E-state index contributed by atoms with van der Waals surface area (Å²) in [5.74, 6) is 1.40. The van der Waals surface area contributed by atoms with E-state index in [2.05, 4.69) is 35.1 Å². The maximum atomic E-state index is 5.91. The molecule has 5 heteroatoms. The van der Waals surface area contributed by atoms with Crippen molar-refractivity contribution >= 4 is 5.96 Å². The summed E-state index contributed by atoms with van der Waals surface area (Å²) in [6.07, 6.45) is 2.49. The topological polar surface area (TPSA) is 62.9 Å². The number of hydrogen-bond acceptors (Lipinski definition) is 3. The molecule has 2 rings (SSSR count). The van der Waals surface area contributed by atoms with Crippen LogP contribution in [-0.2, 0) is 0 Å². The van der Waals surface area contributed by atoms with Gasteiger partial charge in [-0.2, -0.15) is 0 Å². The van der Waals surface area contributed by atoms with Crippen molar-refractivity contribution in [2.45, 2.75) is 32.7 Å². The quantitative estimate of drug-likeness (QED) is 0.458. The van der Waals surface area contributed by atoms with E-state index in [-0.39, 0.29) is 0 Å². The number of guanidine groups is 1. The maximum Gasteiger partial charge on any atom is 0.188 e. The number of benzene rings is 1. The molecule has 0 radical (unpaired) electrons. The Morgan fingerprint density at radius 2 is 2.36 bits per heavy atom. The van der Waals surface area contributed by atoms with Crippen molar-refractivity contribution in [1.82, 2.24) is 10.2 Å². The Labute approximate surface area is 133 Å². The van der Waals surface area contributed by atoms with Crippen LogP contribution in [0.5, 0.6) is 5.75 Å². The van der Waals surface area contributed by atoms with E-state index in [0.29, 0.717) is 25.2 Å². The van der Waals surface area contributed by atoms with E-state index >= 15 is 0 Å². The fourth-order valence-corrected chi connectivity index (χ4v) is 2.83. The summed E-state index contributed by atoms with van der Waals surface area (Å²) in [6, 6.07) is 8.59. The molecular formula is C17H28N4O. The van der Waals surface area contributed by atoms with Crippen molar-refractivity contribution in [1.29, 1.82) is 0 Å². The minimum absolute atomic E-state index is 0.510. The monoisotopic (exact) mass is 304 g/mol. The Balaban J connectivity index is 1.64. The summed E-state index contributed by atoms with van der Waals surface area (Å²) >= 11 is 0. The highest BCUT2D eigenvalue weighted by Gasteiger charge is 2.22. The van der Waals surface area contributed by atoms with Gasteiger partial charge in [0.25, 0.3) is 0 Å². The third-order valence-electron chi connectivity index (χ3n) is 4.04. The molecule has 1 aromatic rings. The van der Waals surface area contributed by atoms with Crippen LogP contribution in [0.3, 0.4) is 0 Å². The number of ether oxygens (including phenoxy) is 1. The number of likely N-dealkylation sites (N-methyl/N-ethyl adjacent to an activating group) is 1. The fourth-order valence-electron chi connectivity index (χ4n) is 2.83. The van der Waals surface area contributed by atoms with E-state index in [4.69, 9.17) is 10.5 Å². The van der Waals surface area contributed by atoms with Crippen LogP contribution >= 0.6 is 0 Å². The first-order chi connectivity index (χ1) is 10.7. The summed E-state index contributed by atoms with van der Waals surface area (Å²) in [4.78, 5) is 6.92. The second-order valence-electron chi connectivity index (χ2n) is 5.74. The Morgan fingerprint density at radius 1 is 1.50 bits per heavy atom. The van der Waals surface area contributed by atoms with E-state index in [1.54, 1.807) is 0 Å². The van der Waals surface area contributed by atoms with Crippen molar-refractivity contribution < 1.29 is 4.74 Å². The second-order valence-corrected chi connectivity index (χ2v) is 5.74. The third-order valence-corrected chi connectivity index (χ3v) is 4.04. The van der Waals surface area contributed by atoms with Crippen LogP contribution in [0.4, 0.5) is 0 Å². The van der Waals surface area contributed by atoms with Gasteiger partial charge in [-0.1, -0.05) is 19.1 Å². The van der Waals surface area contributed by atoms with E-state index < -0.39 is 0 Å². The number of nitrogens with zero attached hydrogens (tertiary/aromatic N) is 2. The van der Waals surface area contributed by atoms with Crippen LogP contribution in [-0.4, -0.2) is 49.7 Å². The molecule has 0 spiro atoms. The minimum Gasteiger partial charge on any atom is -0.492 e. The van der Waals surface area contributed by atoms with Crippen LogP contribution in [0.2, 0.25) is 0 Å². The molecule has 22 heavy (non-hydrogen) atoms. The number of nitrogens with one attached hydrogen (secondary N) is 1. The molecule has 1 atom stereocenters. The predicted molar refractivity (Wildman–Crippen MR) is 91.4 cm³/mol. The first-order valence-electron chi connectivity index (χ1n) is 8.16. The average molecular weight is 304 g/mol. The van der Waals surface area contributed by atoms with Gasteiger partial charge in [-0.05, 0) is 50.6 Å². The number of nitrogens with two attached hydrogens (primary N) is 1. The zero-order chi connectivity index (χ0) is 15.8. The SMILES string of the molecule is CCN1CCCC1CN=C(N)NCCOc1cccc(C)c1. The van der Waals surface area contributed by atoms with E-state index in [0.717, 1.165) is 18.8 Å². The highest BCUT2D eigenvalue weighted by atomic mass is 16.5. The lowest BCUT2D eigenvalue weighted by Crippen LogP contribution is -2.37. The van der Waals surface area contributed by atoms with Crippen LogP contribution < -0.4 is 15.8 Å². The van der Waals surface area contributed by atoms with Gasteiger partial charge in [-0.15, -0.1) is 0 Å². The smallest absolute Gasteiger partial charge is 0.188 e. The molecule has 1 fully saturated rings. The fraction of sp³-hybridized carbons (Fsp3) is 0.588. The van der Waals surface area contributed by atoms with Crippen LogP contribution in [0.15, 0.2) is 29.3 Å². The maximum absolute atomic E-state index is 5.91. The van der Waals surface area contributed by atoms with Crippen LogP contribution in [0.25, 0.3) is 0 Å².